The number of ether oxygens (including phenoxy) is 1. The average Bonchev–Trinajstić information content (AvgIpc) is 3.03. The first kappa shape index (κ1) is 19.7. The van der Waals surface area contributed by atoms with E-state index in [1.165, 1.54) is 12.1 Å². The maximum atomic E-state index is 13.8. The standard InChI is InChI=1S/C19H25FN4O2S/c1-13(2)24-16(22-23-18(24)27)6-9-21-17(25)19(7-10-26-11-8-19)14-4-3-5-15(20)12-14/h3-5,12-13H,6-11H2,1-2H3,(H,21,25)(H,23,27). The molecule has 0 unspecified atom stereocenters. The summed E-state index contributed by atoms with van der Waals surface area (Å²) < 4.78 is 21.7. The minimum absolute atomic E-state index is 0.0957. The third-order valence-electron chi connectivity index (χ3n) is 5.09. The summed E-state index contributed by atoms with van der Waals surface area (Å²) in [6, 6.07) is 6.50. The van der Waals surface area contributed by atoms with Gasteiger partial charge in [-0.3, -0.25) is 9.89 Å². The van der Waals surface area contributed by atoms with E-state index in [2.05, 4.69) is 15.5 Å². The minimum Gasteiger partial charge on any atom is -0.381 e. The highest BCUT2D eigenvalue weighted by Crippen LogP contribution is 2.35. The lowest BCUT2D eigenvalue weighted by Crippen LogP contribution is -2.48. The Morgan fingerprint density at radius 3 is 2.85 bits per heavy atom. The van der Waals surface area contributed by atoms with Gasteiger partial charge in [-0.25, -0.2) is 4.39 Å². The van der Waals surface area contributed by atoms with Crippen molar-refractivity contribution in [2.45, 2.75) is 44.6 Å². The fourth-order valence-corrected chi connectivity index (χ4v) is 4.02. The van der Waals surface area contributed by atoms with E-state index in [1.54, 1.807) is 6.07 Å². The van der Waals surface area contributed by atoms with Crippen LogP contribution in [0, 0.1) is 10.6 Å². The van der Waals surface area contributed by atoms with Gasteiger partial charge in [-0.05, 0) is 56.6 Å². The van der Waals surface area contributed by atoms with Crippen LogP contribution in [0.4, 0.5) is 4.39 Å². The third-order valence-corrected chi connectivity index (χ3v) is 5.37. The van der Waals surface area contributed by atoms with E-state index in [4.69, 9.17) is 17.0 Å². The molecule has 146 valence electrons. The zero-order chi connectivity index (χ0) is 19.4. The lowest BCUT2D eigenvalue weighted by molar-refractivity contribution is -0.130. The summed E-state index contributed by atoms with van der Waals surface area (Å²) >= 11 is 5.26. The Hall–Kier alpha value is -2.06. The van der Waals surface area contributed by atoms with Gasteiger partial charge in [-0.1, -0.05) is 12.1 Å². The largest absolute Gasteiger partial charge is 0.381 e. The monoisotopic (exact) mass is 392 g/mol. The van der Waals surface area contributed by atoms with E-state index in [0.29, 0.717) is 49.4 Å². The molecule has 2 heterocycles. The van der Waals surface area contributed by atoms with Gasteiger partial charge in [-0.2, -0.15) is 5.10 Å². The average molecular weight is 393 g/mol. The summed E-state index contributed by atoms with van der Waals surface area (Å²) in [5.74, 6) is 0.377. The molecular weight excluding hydrogens is 367 g/mol. The Labute approximate surface area is 163 Å². The van der Waals surface area contributed by atoms with Crippen molar-refractivity contribution in [3.05, 3.63) is 46.2 Å². The zero-order valence-corrected chi connectivity index (χ0v) is 16.4. The number of rotatable bonds is 6. The molecule has 1 fully saturated rings. The van der Waals surface area contributed by atoms with Crippen molar-refractivity contribution in [3.8, 4) is 0 Å². The smallest absolute Gasteiger partial charge is 0.230 e. The van der Waals surface area contributed by atoms with E-state index in [0.717, 1.165) is 5.82 Å². The van der Waals surface area contributed by atoms with Crippen molar-refractivity contribution in [2.75, 3.05) is 19.8 Å². The molecule has 0 radical (unpaired) electrons. The first-order valence-corrected chi connectivity index (χ1v) is 9.63. The second-order valence-electron chi connectivity index (χ2n) is 7.12. The maximum absolute atomic E-state index is 13.8. The molecular formula is C19H25FN4O2S. The van der Waals surface area contributed by atoms with E-state index in [1.807, 2.05) is 24.5 Å². The first-order chi connectivity index (χ1) is 12.9. The van der Waals surface area contributed by atoms with E-state index < -0.39 is 5.41 Å². The predicted molar refractivity (Wildman–Crippen MR) is 103 cm³/mol. The molecule has 1 amide bonds. The van der Waals surface area contributed by atoms with Crippen LogP contribution in [0.25, 0.3) is 0 Å². The van der Waals surface area contributed by atoms with Gasteiger partial charge in [0.05, 0.1) is 5.41 Å². The summed E-state index contributed by atoms with van der Waals surface area (Å²) in [7, 11) is 0. The van der Waals surface area contributed by atoms with Crippen LogP contribution in [0.5, 0.6) is 0 Å². The highest BCUT2D eigenvalue weighted by molar-refractivity contribution is 7.71. The van der Waals surface area contributed by atoms with Gasteiger partial charge >= 0.3 is 0 Å². The molecule has 1 aromatic carbocycles. The van der Waals surface area contributed by atoms with Crippen LogP contribution in [-0.2, 0) is 21.4 Å². The lowest BCUT2D eigenvalue weighted by Gasteiger charge is -2.36. The Balaban J connectivity index is 1.73. The summed E-state index contributed by atoms with van der Waals surface area (Å²) in [6.07, 6.45) is 1.63. The number of hydrogen-bond donors (Lipinski definition) is 2. The Bertz CT molecular complexity index is 855. The van der Waals surface area contributed by atoms with Crippen LogP contribution in [0.3, 0.4) is 0 Å². The minimum atomic E-state index is -0.761. The number of nitrogens with zero attached hydrogens (tertiary/aromatic N) is 2. The fourth-order valence-electron chi connectivity index (χ4n) is 3.66. The van der Waals surface area contributed by atoms with Gasteiger partial charge in [0.25, 0.3) is 0 Å². The molecule has 0 aliphatic carbocycles. The van der Waals surface area contributed by atoms with Crippen molar-refractivity contribution in [2.24, 2.45) is 0 Å². The summed E-state index contributed by atoms with van der Waals surface area (Å²) in [6.45, 7) is 5.47. The highest BCUT2D eigenvalue weighted by atomic mass is 32.1. The summed E-state index contributed by atoms with van der Waals surface area (Å²) in [4.78, 5) is 13.1. The quantitative estimate of drug-likeness (QED) is 0.741. The second kappa shape index (κ2) is 8.31. The summed E-state index contributed by atoms with van der Waals surface area (Å²) in [5, 5.41) is 10.1. The number of H-pyrrole nitrogens is 1. The molecule has 1 aromatic heterocycles. The van der Waals surface area contributed by atoms with Crippen molar-refractivity contribution >= 4 is 18.1 Å². The number of aromatic nitrogens is 3. The Kier molecular flexibility index (Phi) is 6.06. The lowest BCUT2D eigenvalue weighted by atomic mass is 9.73. The number of halogens is 1. The SMILES string of the molecule is CC(C)n1c(CCNC(=O)C2(c3cccc(F)c3)CCOCC2)n[nH]c1=S. The molecule has 1 aliphatic rings. The van der Waals surface area contributed by atoms with Gasteiger partial charge in [0.2, 0.25) is 5.91 Å². The number of aromatic amines is 1. The van der Waals surface area contributed by atoms with Crippen LogP contribution in [0.2, 0.25) is 0 Å². The van der Waals surface area contributed by atoms with E-state index in [9.17, 15) is 9.18 Å². The molecule has 2 N–H and O–H groups in total. The predicted octanol–water partition coefficient (Wildman–Crippen LogP) is 3.07. The maximum Gasteiger partial charge on any atom is 0.230 e. The third kappa shape index (κ3) is 4.11. The van der Waals surface area contributed by atoms with Gasteiger partial charge in [0, 0.05) is 32.2 Å². The molecule has 3 rings (SSSR count). The number of amides is 1. The van der Waals surface area contributed by atoms with Crippen LogP contribution in [-0.4, -0.2) is 40.4 Å². The fraction of sp³-hybridized carbons (Fsp3) is 0.526. The molecule has 0 saturated carbocycles. The molecule has 0 atom stereocenters. The van der Waals surface area contributed by atoms with Crippen LogP contribution < -0.4 is 5.32 Å². The van der Waals surface area contributed by atoms with Gasteiger partial charge in [0.15, 0.2) is 4.77 Å². The second-order valence-corrected chi connectivity index (χ2v) is 7.51. The first-order valence-electron chi connectivity index (χ1n) is 9.22. The van der Waals surface area contributed by atoms with Crippen LogP contribution in [0.1, 0.15) is 44.1 Å². The summed E-state index contributed by atoms with van der Waals surface area (Å²) in [5.41, 5.74) is -0.0588. The molecule has 2 aromatic rings. The van der Waals surface area contributed by atoms with Gasteiger partial charge in [-0.15, -0.1) is 0 Å². The van der Waals surface area contributed by atoms with Gasteiger partial charge in [0.1, 0.15) is 11.6 Å². The number of nitrogens with one attached hydrogen (secondary N) is 2. The van der Waals surface area contributed by atoms with Crippen molar-refractivity contribution in [3.63, 3.8) is 0 Å². The van der Waals surface area contributed by atoms with Crippen molar-refractivity contribution in [1.29, 1.82) is 0 Å². The molecule has 0 spiro atoms. The number of hydrogen-bond acceptors (Lipinski definition) is 4. The Morgan fingerprint density at radius 1 is 1.44 bits per heavy atom. The van der Waals surface area contributed by atoms with Gasteiger partial charge < -0.3 is 14.6 Å². The number of carbonyl (C=O) groups is 1. The van der Waals surface area contributed by atoms with Crippen LogP contribution in [0.15, 0.2) is 24.3 Å². The molecule has 1 aliphatic heterocycles. The Morgan fingerprint density at radius 2 is 2.19 bits per heavy atom. The molecule has 1 saturated heterocycles. The van der Waals surface area contributed by atoms with Crippen molar-refractivity contribution < 1.29 is 13.9 Å². The molecule has 0 bridgehead atoms. The van der Waals surface area contributed by atoms with Crippen LogP contribution >= 0.6 is 12.2 Å². The topological polar surface area (TPSA) is 71.9 Å². The molecule has 27 heavy (non-hydrogen) atoms. The number of benzene rings is 1. The molecule has 8 heteroatoms. The highest BCUT2D eigenvalue weighted by Gasteiger charge is 2.41. The van der Waals surface area contributed by atoms with Crippen molar-refractivity contribution in [1.82, 2.24) is 20.1 Å². The normalized spacial score (nSPS) is 16.4. The van der Waals surface area contributed by atoms with E-state index >= 15 is 0 Å². The molecule has 6 nitrogen and oxygen atoms in total. The van der Waals surface area contributed by atoms with E-state index in [-0.39, 0.29) is 17.8 Å². The zero-order valence-electron chi connectivity index (χ0n) is 15.6. The number of carbonyl (C=O) groups excluding carboxylic acids is 1.